The summed E-state index contributed by atoms with van der Waals surface area (Å²) in [6.07, 6.45) is 3.55. The molecule has 0 saturated carbocycles. The molecular weight excluding hydrogens is 368 g/mol. The quantitative estimate of drug-likeness (QED) is 0.656. The standard InChI is InChI=1S/C22H26N4O3/c1-14-15(2)29-20(25-14)13-26-9-7-16(8-10-26)11-24-21-17-5-3-4-6-19(17)23-12-18(21)22(27)28/h3-6,12,16H,7-11,13H2,1-2H3,(H,23,24)(H,27,28). The summed E-state index contributed by atoms with van der Waals surface area (Å²) >= 11 is 0. The Morgan fingerprint density at radius 2 is 2.03 bits per heavy atom. The van der Waals surface area contributed by atoms with Crippen LogP contribution in [0.4, 0.5) is 5.69 Å². The molecule has 1 saturated heterocycles. The van der Waals surface area contributed by atoms with Gasteiger partial charge in [0, 0.05) is 18.1 Å². The van der Waals surface area contributed by atoms with Crippen LogP contribution in [0.15, 0.2) is 34.9 Å². The second-order valence-electron chi connectivity index (χ2n) is 7.72. The number of para-hydroxylation sites is 1. The number of likely N-dealkylation sites (tertiary alicyclic amines) is 1. The first-order chi connectivity index (χ1) is 14.0. The number of pyridine rings is 1. The van der Waals surface area contributed by atoms with E-state index in [9.17, 15) is 9.90 Å². The Morgan fingerprint density at radius 3 is 2.72 bits per heavy atom. The van der Waals surface area contributed by atoms with E-state index in [1.807, 2.05) is 38.1 Å². The number of carboxylic acids is 1. The van der Waals surface area contributed by atoms with E-state index in [-0.39, 0.29) is 5.56 Å². The number of aryl methyl sites for hydroxylation is 2. The largest absolute Gasteiger partial charge is 0.478 e. The molecule has 0 bridgehead atoms. The second-order valence-corrected chi connectivity index (χ2v) is 7.72. The van der Waals surface area contributed by atoms with Crippen molar-refractivity contribution in [1.29, 1.82) is 0 Å². The molecule has 7 nitrogen and oxygen atoms in total. The fourth-order valence-electron chi connectivity index (χ4n) is 3.89. The summed E-state index contributed by atoms with van der Waals surface area (Å²) in [6, 6.07) is 7.63. The molecule has 3 heterocycles. The Labute approximate surface area is 169 Å². The zero-order valence-corrected chi connectivity index (χ0v) is 16.8. The van der Waals surface area contributed by atoms with Crippen molar-refractivity contribution >= 4 is 22.6 Å². The predicted molar refractivity (Wildman–Crippen MR) is 111 cm³/mol. The van der Waals surface area contributed by atoms with Gasteiger partial charge in [0.1, 0.15) is 11.3 Å². The van der Waals surface area contributed by atoms with Crippen LogP contribution in [-0.4, -0.2) is 45.6 Å². The summed E-state index contributed by atoms with van der Waals surface area (Å²) in [7, 11) is 0. The average Bonchev–Trinajstić information content (AvgIpc) is 3.03. The van der Waals surface area contributed by atoms with Gasteiger partial charge in [0.2, 0.25) is 5.89 Å². The van der Waals surface area contributed by atoms with Crippen molar-refractivity contribution in [2.45, 2.75) is 33.2 Å². The minimum absolute atomic E-state index is 0.218. The van der Waals surface area contributed by atoms with Crippen LogP contribution in [0.3, 0.4) is 0 Å². The van der Waals surface area contributed by atoms with Gasteiger partial charge in [-0.25, -0.2) is 9.78 Å². The number of nitrogens with zero attached hydrogens (tertiary/aromatic N) is 3. The second kappa shape index (κ2) is 8.21. The third kappa shape index (κ3) is 4.24. The minimum atomic E-state index is -0.961. The molecule has 0 spiro atoms. The summed E-state index contributed by atoms with van der Waals surface area (Å²) in [5.41, 5.74) is 2.64. The zero-order chi connectivity index (χ0) is 20.4. The summed E-state index contributed by atoms with van der Waals surface area (Å²) in [5.74, 6) is 1.20. The third-order valence-electron chi connectivity index (χ3n) is 5.71. The van der Waals surface area contributed by atoms with Crippen molar-refractivity contribution in [2.24, 2.45) is 5.92 Å². The lowest BCUT2D eigenvalue weighted by Gasteiger charge is -2.31. The van der Waals surface area contributed by atoms with Crippen LogP contribution in [0, 0.1) is 19.8 Å². The van der Waals surface area contributed by atoms with E-state index >= 15 is 0 Å². The number of aromatic nitrogens is 2. The van der Waals surface area contributed by atoms with E-state index in [0.717, 1.165) is 67.3 Å². The number of carboxylic acid groups (broad SMARTS) is 1. The molecular formula is C22H26N4O3. The Hall–Kier alpha value is -2.93. The van der Waals surface area contributed by atoms with Crippen molar-refractivity contribution in [3.8, 4) is 0 Å². The molecule has 152 valence electrons. The molecule has 29 heavy (non-hydrogen) atoms. The van der Waals surface area contributed by atoms with E-state index in [0.29, 0.717) is 11.6 Å². The van der Waals surface area contributed by atoms with Gasteiger partial charge in [0.05, 0.1) is 23.4 Å². The highest BCUT2D eigenvalue weighted by molar-refractivity contribution is 6.04. The van der Waals surface area contributed by atoms with Crippen LogP contribution in [0.1, 0.15) is 40.5 Å². The monoisotopic (exact) mass is 394 g/mol. The number of rotatable bonds is 6. The lowest BCUT2D eigenvalue weighted by atomic mass is 9.96. The molecule has 1 aromatic carbocycles. The number of aromatic carboxylic acids is 1. The number of hydrogen-bond acceptors (Lipinski definition) is 6. The predicted octanol–water partition coefficient (Wildman–Crippen LogP) is 3.86. The smallest absolute Gasteiger partial charge is 0.339 e. The first kappa shape index (κ1) is 19.4. The van der Waals surface area contributed by atoms with Gasteiger partial charge in [-0.15, -0.1) is 0 Å². The molecule has 0 aliphatic carbocycles. The van der Waals surface area contributed by atoms with E-state index in [1.165, 1.54) is 6.20 Å². The lowest BCUT2D eigenvalue weighted by Crippen LogP contribution is -2.35. The average molecular weight is 394 g/mol. The normalized spacial score (nSPS) is 15.7. The van der Waals surface area contributed by atoms with Crippen LogP contribution in [-0.2, 0) is 6.54 Å². The molecule has 3 aromatic rings. The first-order valence-corrected chi connectivity index (χ1v) is 10.0. The van der Waals surface area contributed by atoms with Crippen LogP contribution in [0.25, 0.3) is 10.9 Å². The molecule has 7 heteroatoms. The highest BCUT2D eigenvalue weighted by Crippen LogP contribution is 2.27. The van der Waals surface area contributed by atoms with Gasteiger partial charge >= 0.3 is 5.97 Å². The highest BCUT2D eigenvalue weighted by Gasteiger charge is 2.22. The summed E-state index contributed by atoms with van der Waals surface area (Å²) in [5, 5.41) is 13.8. The first-order valence-electron chi connectivity index (χ1n) is 10.0. The van der Waals surface area contributed by atoms with Gasteiger partial charge < -0.3 is 14.8 Å². The molecule has 0 radical (unpaired) electrons. The molecule has 1 aliphatic rings. The molecule has 0 unspecified atom stereocenters. The highest BCUT2D eigenvalue weighted by atomic mass is 16.4. The van der Waals surface area contributed by atoms with E-state index in [4.69, 9.17) is 4.42 Å². The Morgan fingerprint density at radius 1 is 1.28 bits per heavy atom. The van der Waals surface area contributed by atoms with Crippen molar-refractivity contribution in [2.75, 3.05) is 25.0 Å². The maximum Gasteiger partial charge on any atom is 0.339 e. The van der Waals surface area contributed by atoms with Crippen LogP contribution in [0.5, 0.6) is 0 Å². The number of benzene rings is 1. The number of nitrogens with one attached hydrogen (secondary N) is 1. The van der Waals surface area contributed by atoms with E-state index < -0.39 is 5.97 Å². The maximum atomic E-state index is 11.7. The summed E-state index contributed by atoms with van der Waals surface area (Å²) in [6.45, 7) is 7.37. The fourth-order valence-corrected chi connectivity index (χ4v) is 3.89. The summed E-state index contributed by atoms with van der Waals surface area (Å²) in [4.78, 5) is 22.8. The number of piperidine rings is 1. The van der Waals surface area contributed by atoms with Crippen molar-refractivity contribution in [3.05, 3.63) is 53.4 Å². The Bertz CT molecular complexity index is 1000. The topological polar surface area (TPSA) is 91.5 Å². The van der Waals surface area contributed by atoms with Crippen molar-refractivity contribution in [1.82, 2.24) is 14.9 Å². The van der Waals surface area contributed by atoms with Crippen molar-refractivity contribution < 1.29 is 14.3 Å². The van der Waals surface area contributed by atoms with Gasteiger partial charge in [0.25, 0.3) is 0 Å². The minimum Gasteiger partial charge on any atom is -0.478 e. The van der Waals surface area contributed by atoms with Crippen molar-refractivity contribution in [3.63, 3.8) is 0 Å². The van der Waals surface area contributed by atoms with Crippen LogP contribution in [0.2, 0.25) is 0 Å². The molecule has 4 rings (SSSR count). The molecule has 1 aliphatic heterocycles. The Kier molecular flexibility index (Phi) is 5.49. The van der Waals surface area contributed by atoms with Crippen LogP contribution >= 0.6 is 0 Å². The van der Waals surface area contributed by atoms with Gasteiger partial charge in [-0.2, -0.15) is 0 Å². The van der Waals surface area contributed by atoms with Gasteiger partial charge in [-0.3, -0.25) is 9.88 Å². The number of anilines is 1. The van der Waals surface area contributed by atoms with Gasteiger partial charge in [0.15, 0.2) is 0 Å². The number of carbonyl (C=O) groups is 1. The van der Waals surface area contributed by atoms with Crippen LogP contribution < -0.4 is 5.32 Å². The molecule has 1 fully saturated rings. The van der Waals surface area contributed by atoms with Gasteiger partial charge in [-0.1, -0.05) is 18.2 Å². The summed E-state index contributed by atoms with van der Waals surface area (Å²) < 4.78 is 5.70. The van der Waals surface area contributed by atoms with E-state index in [2.05, 4.69) is 20.2 Å². The zero-order valence-electron chi connectivity index (χ0n) is 16.8. The Balaban J connectivity index is 1.38. The molecule has 2 aromatic heterocycles. The number of hydrogen-bond donors (Lipinski definition) is 2. The number of fused-ring (bicyclic) bond motifs is 1. The SMILES string of the molecule is Cc1nc(CN2CCC(CNc3c(C(=O)O)cnc4ccccc34)CC2)oc1C. The number of oxazole rings is 1. The fraction of sp³-hybridized carbons (Fsp3) is 0.409. The maximum absolute atomic E-state index is 11.7. The molecule has 0 atom stereocenters. The van der Waals surface area contributed by atoms with E-state index in [1.54, 1.807) is 0 Å². The van der Waals surface area contributed by atoms with Gasteiger partial charge in [-0.05, 0) is 51.8 Å². The molecule has 2 N–H and O–H groups in total. The lowest BCUT2D eigenvalue weighted by molar-refractivity contribution is 0.0697. The third-order valence-corrected chi connectivity index (χ3v) is 5.71. The molecule has 0 amide bonds.